The molecule has 7 nitrogen and oxygen atoms in total. The van der Waals surface area contributed by atoms with Gasteiger partial charge in [0.25, 0.3) is 0 Å². The van der Waals surface area contributed by atoms with Gasteiger partial charge in [0.05, 0.1) is 19.8 Å². The molecule has 1 aliphatic heterocycles. The van der Waals surface area contributed by atoms with Crippen molar-refractivity contribution in [2.24, 2.45) is 0 Å². The lowest BCUT2D eigenvalue weighted by Gasteiger charge is -2.43. The lowest BCUT2D eigenvalue weighted by atomic mass is 9.97. The van der Waals surface area contributed by atoms with Gasteiger partial charge in [0.2, 0.25) is 0 Å². The summed E-state index contributed by atoms with van der Waals surface area (Å²) in [5.41, 5.74) is 2.68. The Morgan fingerprint density at radius 2 is 1.03 bits per heavy atom. The fourth-order valence-corrected chi connectivity index (χ4v) is 3.87. The van der Waals surface area contributed by atoms with Gasteiger partial charge in [-0.1, -0.05) is 91.0 Å². The van der Waals surface area contributed by atoms with Crippen molar-refractivity contribution in [3.8, 4) is 0 Å². The molecule has 34 heavy (non-hydrogen) atoms. The largest absolute Gasteiger partial charge is 0.479 e. The molecule has 178 valence electrons. The molecule has 2 N–H and O–H groups in total. The number of aliphatic hydroxyl groups excluding tert-OH is 1. The van der Waals surface area contributed by atoms with E-state index in [1.807, 2.05) is 91.0 Å². The Hall–Kier alpha value is -3.07. The smallest absolute Gasteiger partial charge is 0.335 e. The summed E-state index contributed by atoms with van der Waals surface area (Å²) in [6, 6.07) is 28.4. The number of carboxylic acids is 1. The molecule has 0 aliphatic carbocycles. The van der Waals surface area contributed by atoms with Crippen LogP contribution in [-0.2, 0) is 43.6 Å². The zero-order valence-corrected chi connectivity index (χ0v) is 18.6. The van der Waals surface area contributed by atoms with Gasteiger partial charge in [-0.15, -0.1) is 0 Å². The van der Waals surface area contributed by atoms with Gasteiger partial charge in [-0.2, -0.15) is 0 Å². The monoisotopic (exact) mass is 464 g/mol. The van der Waals surface area contributed by atoms with E-state index in [0.717, 1.165) is 16.7 Å². The minimum atomic E-state index is -1.50. The van der Waals surface area contributed by atoms with Crippen LogP contribution in [0.4, 0.5) is 0 Å². The molecule has 4 rings (SSSR count). The maximum Gasteiger partial charge on any atom is 0.335 e. The lowest BCUT2D eigenvalue weighted by molar-refractivity contribution is -0.308. The van der Waals surface area contributed by atoms with Gasteiger partial charge >= 0.3 is 5.97 Å². The zero-order chi connectivity index (χ0) is 23.8. The standard InChI is InChI=1S/C27H28O7/c28-26(29)24-22(31-16-19-10-4-1-5-11-19)23(32-17-20-12-6-2-7-13-20)25(27(30)34-24)33-18-21-14-8-3-9-15-21/h1-15,22-25,27,30H,16-18H2,(H,28,29)/t22-,23-,24-,25+,27+/m1/s1. The fourth-order valence-electron chi connectivity index (χ4n) is 3.87. The SMILES string of the molecule is O=C(O)[C@@H]1O[C@H](O)[C@@H](OCc2ccccc2)[C@H](OCc2ccccc2)[C@H]1OCc1ccccc1. The van der Waals surface area contributed by atoms with Crippen LogP contribution >= 0.6 is 0 Å². The summed E-state index contributed by atoms with van der Waals surface area (Å²) in [6.45, 7) is 0.548. The minimum absolute atomic E-state index is 0.158. The van der Waals surface area contributed by atoms with Crippen LogP contribution in [-0.4, -0.2) is 46.9 Å². The first-order valence-electron chi connectivity index (χ1n) is 11.1. The van der Waals surface area contributed by atoms with E-state index in [0.29, 0.717) is 0 Å². The number of rotatable bonds is 10. The highest BCUT2D eigenvalue weighted by atomic mass is 16.7. The summed E-state index contributed by atoms with van der Waals surface area (Å²) in [5.74, 6) is -1.24. The van der Waals surface area contributed by atoms with Crippen molar-refractivity contribution in [2.45, 2.75) is 50.5 Å². The number of hydrogen-bond acceptors (Lipinski definition) is 6. The maximum atomic E-state index is 12.0. The topological polar surface area (TPSA) is 94.5 Å². The molecule has 0 amide bonds. The van der Waals surface area contributed by atoms with Gasteiger partial charge in [-0.05, 0) is 16.7 Å². The molecule has 0 aromatic heterocycles. The van der Waals surface area contributed by atoms with Crippen LogP contribution in [0.1, 0.15) is 16.7 Å². The molecule has 0 bridgehead atoms. The number of hydrogen-bond donors (Lipinski definition) is 2. The van der Waals surface area contributed by atoms with Crippen molar-refractivity contribution >= 4 is 5.97 Å². The molecule has 7 heteroatoms. The maximum absolute atomic E-state index is 12.0. The predicted molar refractivity (Wildman–Crippen MR) is 124 cm³/mol. The van der Waals surface area contributed by atoms with Crippen molar-refractivity contribution in [1.82, 2.24) is 0 Å². The molecule has 3 aromatic carbocycles. The molecule has 1 saturated heterocycles. The van der Waals surface area contributed by atoms with Crippen molar-refractivity contribution in [3.63, 3.8) is 0 Å². The molecule has 0 unspecified atom stereocenters. The van der Waals surface area contributed by atoms with E-state index >= 15 is 0 Å². The number of ether oxygens (including phenoxy) is 4. The summed E-state index contributed by atoms with van der Waals surface area (Å²) in [6.07, 6.45) is -5.78. The second-order valence-electron chi connectivity index (χ2n) is 8.07. The number of carboxylic acid groups (broad SMARTS) is 1. The first-order valence-corrected chi connectivity index (χ1v) is 11.1. The Bertz CT molecular complexity index is 1010. The minimum Gasteiger partial charge on any atom is -0.479 e. The van der Waals surface area contributed by atoms with E-state index in [2.05, 4.69) is 0 Å². The summed E-state index contributed by atoms with van der Waals surface area (Å²) in [4.78, 5) is 12.0. The van der Waals surface area contributed by atoms with Crippen molar-refractivity contribution in [3.05, 3.63) is 108 Å². The normalized spacial score (nSPS) is 24.6. The Kier molecular flexibility index (Phi) is 8.41. The van der Waals surface area contributed by atoms with E-state index in [1.165, 1.54) is 0 Å². The summed E-state index contributed by atoms with van der Waals surface area (Å²) in [5, 5.41) is 20.5. The van der Waals surface area contributed by atoms with Crippen LogP contribution in [0, 0.1) is 0 Å². The van der Waals surface area contributed by atoms with Gasteiger partial charge in [-0.25, -0.2) is 4.79 Å². The lowest BCUT2D eigenvalue weighted by Crippen LogP contribution is -2.62. The van der Waals surface area contributed by atoms with Crippen LogP contribution < -0.4 is 0 Å². The van der Waals surface area contributed by atoms with Crippen molar-refractivity contribution < 1.29 is 34.0 Å². The molecule has 1 aliphatic rings. The van der Waals surface area contributed by atoms with E-state index in [-0.39, 0.29) is 19.8 Å². The molecule has 0 spiro atoms. The Morgan fingerprint density at radius 1 is 0.647 bits per heavy atom. The molecule has 5 atom stereocenters. The third-order valence-corrected chi connectivity index (χ3v) is 5.61. The average molecular weight is 465 g/mol. The molecule has 0 radical (unpaired) electrons. The van der Waals surface area contributed by atoms with Crippen molar-refractivity contribution in [2.75, 3.05) is 0 Å². The van der Waals surface area contributed by atoms with Crippen LogP contribution in [0.15, 0.2) is 91.0 Å². The molecular formula is C27H28O7. The van der Waals surface area contributed by atoms with Gasteiger partial charge in [0.1, 0.15) is 18.3 Å². The first kappa shape index (κ1) is 24.1. The Labute approximate surface area is 198 Å². The van der Waals surface area contributed by atoms with Crippen LogP contribution in [0.3, 0.4) is 0 Å². The van der Waals surface area contributed by atoms with E-state index in [9.17, 15) is 15.0 Å². The number of benzene rings is 3. The predicted octanol–water partition coefficient (Wildman–Crippen LogP) is 3.54. The van der Waals surface area contributed by atoms with Gasteiger partial charge < -0.3 is 29.2 Å². The molecule has 3 aromatic rings. The van der Waals surface area contributed by atoms with E-state index in [4.69, 9.17) is 18.9 Å². The first-order chi connectivity index (χ1) is 16.6. The fraction of sp³-hybridized carbons (Fsp3) is 0.296. The van der Waals surface area contributed by atoms with Crippen molar-refractivity contribution in [1.29, 1.82) is 0 Å². The van der Waals surface area contributed by atoms with Crippen LogP contribution in [0.5, 0.6) is 0 Å². The summed E-state index contributed by atoms with van der Waals surface area (Å²) in [7, 11) is 0. The van der Waals surface area contributed by atoms with Crippen LogP contribution in [0.2, 0.25) is 0 Å². The summed E-state index contributed by atoms with van der Waals surface area (Å²) >= 11 is 0. The third kappa shape index (κ3) is 6.28. The second kappa shape index (κ2) is 11.9. The summed E-state index contributed by atoms with van der Waals surface area (Å²) < 4.78 is 23.7. The number of aliphatic hydroxyl groups is 1. The Morgan fingerprint density at radius 3 is 1.44 bits per heavy atom. The average Bonchev–Trinajstić information content (AvgIpc) is 2.87. The number of aliphatic carboxylic acids is 1. The molecular weight excluding hydrogens is 436 g/mol. The Balaban J connectivity index is 1.57. The van der Waals surface area contributed by atoms with Gasteiger partial charge in [0.15, 0.2) is 12.4 Å². The highest BCUT2D eigenvalue weighted by Gasteiger charge is 2.50. The molecule has 1 fully saturated rings. The quantitative estimate of drug-likeness (QED) is 0.474. The second-order valence-corrected chi connectivity index (χ2v) is 8.07. The van der Waals surface area contributed by atoms with E-state index in [1.54, 1.807) is 0 Å². The number of carbonyl (C=O) groups is 1. The highest BCUT2D eigenvalue weighted by Crippen LogP contribution is 2.29. The van der Waals surface area contributed by atoms with E-state index < -0.39 is 36.7 Å². The molecule has 0 saturated carbocycles. The third-order valence-electron chi connectivity index (χ3n) is 5.61. The zero-order valence-electron chi connectivity index (χ0n) is 18.6. The van der Waals surface area contributed by atoms with Crippen LogP contribution in [0.25, 0.3) is 0 Å². The van der Waals surface area contributed by atoms with Gasteiger partial charge in [0, 0.05) is 0 Å². The molecule has 1 heterocycles. The highest BCUT2D eigenvalue weighted by molar-refractivity contribution is 5.73. The van der Waals surface area contributed by atoms with Gasteiger partial charge in [-0.3, -0.25) is 0 Å².